The van der Waals surface area contributed by atoms with E-state index in [0.717, 1.165) is 0 Å². The highest BCUT2D eigenvalue weighted by molar-refractivity contribution is 6.83. The van der Waals surface area contributed by atoms with E-state index in [0.29, 0.717) is 5.41 Å². The van der Waals surface area contributed by atoms with Gasteiger partial charge in [0.1, 0.15) is 8.07 Å². The summed E-state index contributed by atoms with van der Waals surface area (Å²) in [6.07, 6.45) is 10.5. The standard InChI is InChI=1S/C19H30Si/c1-16(10-9-15-20(5,6)7)12-13-18-17(2)11-8-14-19(18,3)4/h10,12-13H,8,11,14H2,1-7H3/b13-12+,16-10+. The Balaban J connectivity index is 2.86. The first-order chi connectivity index (χ1) is 9.12. The van der Waals surface area contributed by atoms with Crippen LogP contribution in [0.4, 0.5) is 0 Å². The summed E-state index contributed by atoms with van der Waals surface area (Å²) in [4.78, 5) is 0. The third-order valence-corrected chi connectivity index (χ3v) is 4.70. The number of rotatable bonds is 2. The van der Waals surface area contributed by atoms with Crippen LogP contribution in [0.5, 0.6) is 0 Å². The predicted molar refractivity (Wildman–Crippen MR) is 94.4 cm³/mol. The minimum atomic E-state index is -1.25. The summed E-state index contributed by atoms with van der Waals surface area (Å²) < 4.78 is 0. The predicted octanol–water partition coefficient (Wildman–Crippen LogP) is 5.90. The van der Waals surface area contributed by atoms with Crippen LogP contribution in [0.25, 0.3) is 0 Å². The molecule has 0 unspecified atom stereocenters. The molecule has 0 aromatic rings. The van der Waals surface area contributed by atoms with Gasteiger partial charge in [-0.25, -0.2) is 0 Å². The van der Waals surface area contributed by atoms with Crippen molar-refractivity contribution in [3.63, 3.8) is 0 Å². The van der Waals surface area contributed by atoms with Crippen molar-refractivity contribution in [3.8, 4) is 11.5 Å². The van der Waals surface area contributed by atoms with Crippen molar-refractivity contribution in [2.24, 2.45) is 5.41 Å². The maximum absolute atomic E-state index is 3.38. The third-order valence-electron chi connectivity index (χ3n) is 3.80. The zero-order chi connectivity index (χ0) is 15.4. The van der Waals surface area contributed by atoms with Gasteiger partial charge in [-0.05, 0) is 55.7 Å². The number of allylic oxidation sites excluding steroid dienone is 6. The Morgan fingerprint density at radius 3 is 2.45 bits per heavy atom. The van der Waals surface area contributed by atoms with Gasteiger partial charge in [0.25, 0.3) is 0 Å². The highest BCUT2D eigenvalue weighted by Gasteiger charge is 2.26. The minimum absolute atomic E-state index is 0.323. The largest absolute Gasteiger partial charge is 0.129 e. The molecule has 0 saturated heterocycles. The van der Waals surface area contributed by atoms with Gasteiger partial charge in [-0.1, -0.05) is 57.1 Å². The lowest BCUT2D eigenvalue weighted by molar-refractivity contribution is 0.377. The highest BCUT2D eigenvalue weighted by Crippen LogP contribution is 2.40. The smallest absolute Gasteiger partial charge is 0.127 e. The van der Waals surface area contributed by atoms with Crippen molar-refractivity contribution in [1.82, 2.24) is 0 Å². The molecular weight excluding hydrogens is 256 g/mol. The van der Waals surface area contributed by atoms with E-state index in [1.165, 1.54) is 30.4 Å². The van der Waals surface area contributed by atoms with Crippen LogP contribution in [-0.2, 0) is 0 Å². The molecule has 1 aliphatic rings. The first-order valence-electron chi connectivity index (χ1n) is 7.70. The second-order valence-electron chi connectivity index (χ2n) is 7.67. The summed E-state index contributed by atoms with van der Waals surface area (Å²) >= 11 is 0. The van der Waals surface area contributed by atoms with Gasteiger partial charge in [-0.2, -0.15) is 0 Å². The van der Waals surface area contributed by atoms with Gasteiger partial charge in [0.15, 0.2) is 0 Å². The Hall–Kier alpha value is -1.00. The van der Waals surface area contributed by atoms with E-state index in [2.05, 4.69) is 77.0 Å². The van der Waals surface area contributed by atoms with Gasteiger partial charge in [-0.15, -0.1) is 5.54 Å². The van der Waals surface area contributed by atoms with E-state index in [-0.39, 0.29) is 0 Å². The van der Waals surface area contributed by atoms with E-state index in [1.807, 2.05) is 0 Å². The Labute approximate surface area is 127 Å². The van der Waals surface area contributed by atoms with Crippen molar-refractivity contribution in [2.45, 2.75) is 66.6 Å². The molecule has 1 rings (SSSR count). The minimum Gasteiger partial charge on any atom is -0.127 e. The van der Waals surface area contributed by atoms with Crippen LogP contribution in [0, 0.1) is 16.9 Å². The van der Waals surface area contributed by atoms with Crippen LogP contribution in [0.2, 0.25) is 19.6 Å². The molecule has 0 radical (unpaired) electrons. The number of hydrogen-bond acceptors (Lipinski definition) is 0. The zero-order valence-electron chi connectivity index (χ0n) is 14.4. The maximum Gasteiger partial charge on any atom is 0.129 e. The molecule has 0 bridgehead atoms. The lowest BCUT2D eigenvalue weighted by Gasteiger charge is -2.32. The van der Waals surface area contributed by atoms with Crippen LogP contribution in [0.3, 0.4) is 0 Å². The molecule has 0 nitrogen and oxygen atoms in total. The van der Waals surface area contributed by atoms with Gasteiger partial charge < -0.3 is 0 Å². The molecule has 1 heteroatoms. The molecule has 0 aromatic heterocycles. The fraction of sp³-hybridized carbons (Fsp3) is 0.579. The third kappa shape index (κ3) is 5.55. The van der Waals surface area contributed by atoms with E-state index < -0.39 is 8.07 Å². The topological polar surface area (TPSA) is 0 Å². The van der Waals surface area contributed by atoms with Crippen molar-refractivity contribution < 1.29 is 0 Å². The Kier molecular flexibility index (Phi) is 5.65. The molecule has 20 heavy (non-hydrogen) atoms. The van der Waals surface area contributed by atoms with Gasteiger partial charge in [-0.3, -0.25) is 0 Å². The summed E-state index contributed by atoms with van der Waals surface area (Å²) in [6, 6.07) is 0. The Morgan fingerprint density at radius 1 is 1.25 bits per heavy atom. The van der Waals surface area contributed by atoms with Crippen LogP contribution < -0.4 is 0 Å². The van der Waals surface area contributed by atoms with Gasteiger partial charge in [0.05, 0.1) is 0 Å². The summed E-state index contributed by atoms with van der Waals surface area (Å²) in [5.74, 6) is 3.23. The molecule has 0 spiro atoms. The summed E-state index contributed by atoms with van der Waals surface area (Å²) in [5, 5.41) is 0. The van der Waals surface area contributed by atoms with Crippen LogP contribution >= 0.6 is 0 Å². The molecule has 0 amide bonds. The summed E-state index contributed by atoms with van der Waals surface area (Å²) in [7, 11) is -1.25. The van der Waals surface area contributed by atoms with E-state index in [4.69, 9.17) is 0 Å². The second-order valence-corrected chi connectivity index (χ2v) is 12.4. The average Bonchev–Trinajstić information content (AvgIpc) is 2.25. The Morgan fingerprint density at radius 2 is 1.90 bits per heavy atom. The molecule has 0 aromatic carbocycles. The SMILES string of the molecule is CC1=C(/C=C/C(C)=C/C#C[Si](C)(C)C)C(C)(C)CCC1. The van der Waals surface area contributed by atoms with Gasteiger partial charge in [0.2, 0.25) is 0 Å². The molecule has 110 valence electrons. The monoisotopic (exact) mass is 286 g/mol. The number of hydrogen-bond donors (Lipinski definition) is 0. The van der Waals surface area contributed by atoms with Crippen LogP contribution in [0.1, 0.15) is 47.0 Å². The van der Waals surface area contributed by atoms with E-state index >= 15 is 0 Å². The van der Waals surface area contributed by atoms with E-state index in [1.54, 1.807) is 5.57 Å². The molecule has 0 aliphatic heterocycles. The van der Waals surface area contributed by atoms with Gasteiger partial charge >= 0.3 is 0 Å². The lowest BCUT2D eigenvalue weighted by Crippen LogP contribution is -2.19. The molecule has 0 N–H and O–H groups in total. The average molecular weight is 287 g/mol. The molecule has 0 saturated carbocycles. The molecule has 1 aliphatic carbocycles. The maximum atomic E-state index is 3.38. The highest BCUT2D eigenvalue weighted by atomic mass is 28.3. The van der Waals surface area contributed by atoms with Crippen molar-refractivity contribution in [3.05, 3.63) is 34.9 Å². The first kappa shape index (κ1) is 17.0. The van der Waals surface area contributed by atoms with Crippen molar-refractivity contribution in [1.29, 1.82) is 0 Å². The zero-order valence-corrected chi connectivity index (χ0v) is 15.4. The summed E-state index contributed by atoms with van der Waals surface area (Å²) in [5.41, 5.74) is 8.03. The first-order valence-corrected chi connectivity index (χ1v) is 11.2. The van der Waals surface area contributed by atoms with Crippen molar-refractivity contribution >= 4 is 8.07 Å². The lowest BCUT2D eigenvalue weighted by atomic mass is 9.72. The van der Waals surface area contributed by atoms with Crippen molar-refractivity contribution in [2.75, 3.05) is 0 Å². The summed E-state index contributed by atoms with van der Waals surface area (Å²) in [6.45, 7) is 16.0. The fourth-order valence-electron chi connectivity index (χ4n) is 2.64. The second kappa shape index (κ2) is 6.63. The quantitative estimate of drug-likeness (QED) is 0.337. The Bertz CT molecular complexity index is 496. The molecular formula is C19H30Si. The van der Waals surface area contributed by atoms with Crippen LogP contribution in [0.15, 0.2) is 34.9 Å². The normalized spacial score (nSPS) is 20.1. The van der Waals surface area contributed by atoms with E-state index in [9.17, 15) is 0 Å². The molecule has 0 atom stereocenters. The fourth-order valence-corrected chi connectivity index (χ4v) is 3.14. The van der Waals surface area contributed by atoms with Gasteiger partial charge in [0, 0.05) is 0 Å². The van der Waals surface area contributed by atoms with Crippen LogP contribution in [-0.4, -0.2) is 8.07 Å². The molecule has 0 fully saturated rings. The molecule has 0 heterocycles.